The van der Waals surface area contributed by atoms with Gasteiger partial charge in [0, 0.05) is 0 Å². The lowest BCUT2D eigenvalue weighted by molar-refractivity contribution is 0.502. The summed E-state index contributed by atoms with van der Waals surface area (Å²) in [6.07, 6.45) is 3.81. The molecular weight excluding hydrogens is 292 g/mol. The topological polar surface area (TPSA) is 72.2 Å². The van der Waals surface area contributed by atoms with E-state index >= 15 is 0 Å². The van der Waals surface area contributed by atoms with Crippen molar-refractivity contribution in [3.63, 3.8) is 0 Å². The lowest BCUT2D eigenvalue weighted by Crippen LogP contribution is -2.55. The van der Waals surface area contributed by atoms with Crippen molar-refractivity contribution in [3.05, 3.63) is 35.9 Å². The first-order valence-corrected chi connectivity index (χ1v) is 8.85. The first-order valence-electron chi connectivity index (χ1n) is 6.79. The van der Waals surface area contributed by atoms with Crippen LogP contribution in [-0.4, -0.2) is 24.7 Å². The molecule has 1 saturated carbocycles. The van der Waals surface area contributed by atoms with Gasteiger partial charge in [0.2, 0.25) is 10.0 Å². The molecule has 20 heavy (non-hydrogen) atoms. The molecule has 0 amide bonds. The average molecular weight is 312 g/mol. The van der Waals surface area contributed by atoms with Crippen LogP contribution >= 0.6 is 12.2 Å². The molecule has 1 aromatic carbocycles. The molecular formula is C14H20N2O2S2. The minimum atomic E-state index is -3.38. The summed E-state index contributed by atoms with van der Waals surface area (Å²) < 4.78 is 27.2. The van der Waals surface area contributed by atoms with E-state index in [4.69, 9.17) is 18.0 Å². The van der Waals surface area contributed by atoms with Gasteiger partial charge in [-0.2, -0.15) is 0 Å². The Bertz CT molecular complexity index is 564. The van der Waals surface area contributed by atoms with Gasteiger partial charge in [0.15, 0.2) is 0 Å². The summed E-state index contributed by atoms with van der Waals surface area (Å²) in [5, 5.41) is 0. The van der Waals surface area contributed by atoms with Crippen LogP contribution in [0.4, 0.5) is 0 Å². The molecule has 0 unspecified atom stereocenters. The molecule has 0 saturated heterocycles. The lowest BCUT2D eigenvalue weighted by Gasteiger charge is -2.28. The zero-order chi connectivity index (χ0) is 14.6. The van der Waals surface area contributed by atoms with Gasteiger partial charge in [0.25, 0.3) is 0 Å². The zero-order valence-electron chi connectivity index (χ0n) is 11.3. The molecule has 4 nitrogen and oxygen atoms in total. The van der Waals surface area contributed by atoms with Crippen molar-refractivity contribution in [1.29, 1.82) is 0 Å². The first-order chi connectivity index (χ1) is 9.44. The second-order valence-corrected chi connectivity index (χ2v) is 7.59. The Morgan fingerprint density at radius 1 is 1.25 bits per heavy atom. The fourth-order valence-electron chi connectivity index (χ4n) is 2.62. The van der Waals surface area contributed by atoms with Crippen molar-refractivity contribution >= 4 is 27.2 Å². The monoisotopic (exact) mass is 312 g/mol. The third-order valence-electron chi connectivity index (χ3n) is 3.78. The molecule has 6 heteroatoms. The maximum atomic E-state index is 12.2. The lowest BCUT2D eigenvalue weighted by atomic mass is 10.00. The highest BCUT2D eigenvalue weighted by atomic mass is 32.2. The van der Waals surface area contributed by atoms with Gasteiger partial charge in [-0.05, 0) is 24.8 Å². The third kappa shape index (κ3) is 3.77. The van der Waals surface area contributed by atoms with E-state index in [1.807, 2.05) is 30.3 Å². The van der Waals surface area contributed by atoms with Crippen LogP contribution in [0.15, 0.2) is 30.3 Å². The van der Waals surface area contributed by atoms with Crippen molar-refractivity contribution in [1.82, 2.24) is 4.72 Å². The number of nitrogens with two attached hydrogens (primary N) is 1. The second-order valence-electron chi connectivity index (χ2n) is 5.31. The van der Waals surface area contributed by atoms with E-state index in [-0.39, 0.29) is 10.7 Å². The fourth-order valence-corrected chi connectivity index (χ4v) is 4.46. The van der Waals surface area contributed by atoms with E-state index in [1.165, 1.54) is 0 Å². The first kappa shape index (κ1) is 15.4. The van der Waals surface area contributed by atoms with Crippen LogP contribution in [-0.2, 0) is 16.4 Å². The van der Waals surface area contributed by atoms with E-state index in [1.54, 1.807) is 0 Å². The molecule has 0 heterocycles. The number of aryl methyl sites for hydroxylation is 1. The largest absolute Gasteiger partial charge is 0.392 e. The Morgan fingerprint density at radius 3 is 2.40 bits per heavy atom. The third-order valence-corrected chi connectivity index (χ3v) is 5.62. The molecule has 0 aliphatic heterocycles. The molecule has 110 valence electrons. The van der Waals surface area contributed by atoms with E-state index in [0.29, 0.717) is 19.3 Å². The van der Waals surface area contributed by atoms with Crippen molar-refractivity contribution < 1.29 is 8.42 Å². The van der Waals surface area contributed by atoms with Gasteiger partial charge in [0.05, 0.1) is 16.3 Å². The Balaban J connectivity index is 2.02. The molecule has 3 N–H and O–H groups in total. The highest BCUT2D eigenvalue weighted by Crippen LogP contribution is 2.30. The number of benzene rings is 1. The van der Waals surface area contributed by atoms with E-state index in [9.17, 15) is 8.42 Å². The normalized spacial score (nSPS) is 18.0. The summed E-state index contributed by atoms with van der Waals surface area (Å²) in [5.74, 6) is 0.0569. The van der Waals surface area contributed by atoms with Gasteiger partial charge in [-0.1, -0.05) is 55.4 Å². The molecule has 0 radical (unpaired) electrons. The minimum Gasteiger partial charge on any atom is -0.392 e. The predicted molar refractivity (Wildman–Crippen MR) is 85.1 cm³/mol. The van der Waals surface area contributed by atoms with Crippen molar-refractivity contribution in [3.8, 4) is 0 Å². The quantitative estimate of drug-likeness (QED) is 0.785. The average Bonchev–Trinajstić information content (AvgIpc) is 2.87. The molecule has 2 rings (SSSR count). The van der Waals surface area contributed by atoms with Crippen molar-refractivity contribution in [2.45, 2.75) is 37.6 Å². The Kier molecular flexibility index (Phi) is 4.78. The van der Waals surface area contributed by atoms with Gasteiger partial charge >= 0.3 is 0 Å². The number of rotatable bonds is 6. The number of sulfonamides is 1. The van der Waals surface area contributed by atoms with Gasteiger partial charge < -0.3 is 5.73 Å². The highest BCUT2D eigenvalue weighted by Gasteiger charge is 2.39. The van der Waals surface area contributed by atoms with Gasteiger partial charge in [-0.15, -0.1) is 0 Å². The number of thiocarbonyl (C=S) groups is 1. The molecule has 0 spiro atoms. The van der Waals surface area contributed by atoms with E-state index in [2.05, 4.69) is 4.72 Å². The van der Waals surface area contributed by atoms with Crippen LogP contribution in [0.2, 0.25) is 0 Å². The Labute approximate surface area is 125 Å². The van der Waals surface area contributed by atoms with Crippen LogP contribution in [0.25, 0.3) is 0 Å². The summed E-state index contributed by atoms with van der Waals surface area (Å²) in [6.45, 7) is 0. The van der Waals surface area contributed by atoms with Crippen LogP contribution in [0, 0.1) is 0 Å². The molecule has 1 aliphatic rings. The summed E-state index contributed by atoms with van der Waals surface area (Å²) in [7, 11) is -3.38. The van der Waals surface area contributed by atoms with Crippen molar-refractivity contribution in [2.24, 2.45) is 5.73 Å². The maximum Gasteiger partial charge on any atom is 0.212 e. The second kappa shape index (κ2) is 6.20. The molecule has 1 aliphatic carbocycles. The van der Waals surface area contributed by atoms with Gasteiger partial charge in [0.1, 0.15) is 0 Å². The summed E-state index contributed by atoms with van der Waals surface area (Å²) in [5.41, 5.74) is 6.06. The Hall–Kier alpha value is -0.980. The predicted octanol–water partition coefficient (Wildman–Crippen LogP) is 1.75. The molecule has 0 bridgehead atoms. The van der Waals surface area contributed by atoms with Crippen LogP contribution in [0.5, 0.6) is 0 Å². The SMILES string of the molecule is NC(=S)C1(NS(=O)(=O)CCc2ccccc2)CCCC1. The summed E-state index contributed by atoms with van der Waals surface area (Å²) in [6, 6.07) is 9.57. The van der Waals surface area contributed by atoms with Gasteiger partial charge in [-0.3, -0.25) is 0 Å². The van der Waals surface area contributed by atoms with E-state index in [0.717, 1.165) is 18.4 Å². The Morgan fingerprint density at radius 2 is 1.85 bits per heavy atom. The fraction of sp³-hybridized carbons (Fsp3) is 0.500. The van der Waals surface area contributed by atoms with Gasteiger partial charge in [-0.25, -0.2) is 13.1 Å². The highest BCUT2D eigenvalue weighted by molar-refractivity contribution is 7.89. The molecule has 0 aromatic heterocycles. The summed E-state index contributed by atoms with van der Waals surface area (Å²) in [4.78, 5) is 0.262. The summed E-state index contributed by atoms with van der Waals surface area (Å²) >= 11 is 5.06. The maximum absolute atomic E-state index is 12.2. The van der Waals surface area contributed by atoms with E-state index < -0.39 is 15.6 Å². The standard InChI is InChI=1S/C14H20N2O2S2/c15-13(19)14(9-4-5-10-14)16-20(17,18)11-8-12-6-2-1-3-7-12/h1-3,6-7,16H,4-5,8-11H2,(H2,15,19). The smallest absolute Gasteiger partial charge is 0.212 e. The molecule has 1 aromatic rings. The van der Waals surface area contributed by atoms with Crippen LogP contribution in [0.1, 0.15) is 31.2 Å². The number of nitrogens with one attached hydrogen (secondary N) is 1. The van der Waals surface area contributed by atoms with Crippen LogP contribution < -0.4 is 10.5 Å². The van der Waals surface area contributed by atoms with Crippen LogP contribution in [0.3, 0.4) is 0 Å². The van der Waals surface area contributed by atoms with Crippen molar-refractivity contribution in [2.75, 3.05) is 5.75 Å². The minimum absolute atomic E-state index is 0.0569. The molecule has 0 atom stereocenters. The molecule has 1 fully saturated rings. The number of hydrogen-bond acceptors (Lipinski definition) is 3. The number of hydrogen-bond donors (Lipinski definition) is 2. The zero-order valence-corrected chi connectivity index (χ0v) is 13.0.